The Morgan fingerprint density at radius 3 is 2.53 bits per heavy atom. The Bertz CT molecular complexity index is 1090. The number of benzene rings is 2. The van der Waals surface area contributed by atoms with E-state index in [-0.39, 0.29) is 0 Å². The Morgan fingerprint density at radius 1 is 1.22 bits per heavy atom. The van der Waals surface area contributed by atoms with Crippen LogP contribution in [-0.2, 0) is 9.53 Å². The number of rotatable bonds is 8. The molecule has 0 saturated heterocycles. The molecule has 0 amide bonds. The number of nitrogens with zero attached hydrogens (tertiary/aromatic N) is 1. The minimum Gasteiger partial charge on any atom is -0.463 e. The van der Waals surface area contributed by atoms with Crippen LogP contribution < -0.4 is 14.4 Å². The third-order valence-electron chi connectivity index (χ3n) is 5.99. The van der Waals surface area contributed by atoms with E-state index in [0.29, 0.717) is 27.3 Å². The average Bonchev–Trinajstić information content (AvgIpc) is 2.89. The number of carbonyl (C=O) groups excluding carboxylic acids is 1. The summed E-state index contributed by atoms with van der Waals surface area (Å²) in [6.07, 6.45) is 5.93. The van der Waals surface area contributed by atoms with E-state index in [0.717, 1.165) is 31.4 Å². The Labute approximate surface area is 224 Å². The third-order valence-corrected chi connectivity index (χ3v) is 8.27. The quantitative estimate of drug-likeness (QED) is 0.167. The zero-order valence-electron chi connectivity index (χ0n) is 21.6. The molecule has 36 heavy (non-hydrogen) atoms. The van der Waals surface area contributed by atoms with Crippen LogP contribution >= 0.6 is 26.7 Å². The number of nitrogens with one attached hydrogen (secondary N) is 1. The van der Waals surface area contributed by atoms with Crippen molar-refractivity contribution in [2.45, 2.75) is 76.3 Å². The molecule has 0 radical (unpaired) electrons. The zero-order valence-corrected chi connectivity index (χ0v) is 24.0. The molecule has 1 unspecified atom stereocenters. The second kappa shape index (κ2) is 11.6. The number of unbranched alkanes of at least 4 members (excludes halogenated alkanes) is 1. The van der Waals surface area contributed by atoms with E-state index in [4.69, 9.17) is 9.47 Å². The van der Waals surface area contributed by atoms with Crippen molar-refractivity contribution in [1.82, 2.24) is 4.72 Å². The number of fused-ring (bicyclic) bond motifs is 1. The van der Waals surface area contributed by atoms with Gasteiger partial charge in [0, 0.05) is 18.3 Å². The second-order valence-electron chi connectivity index (χ2n) is 10.0. The minimum absolute atomic E-state index is 0.335. The number of esters is 1. The molecule has 3 N–H and O–H groups in total. The summed E-state index contributed by atoms with van der Waals surface area (Å²) in [5.41, 5.74) is 0.514. The van der Waals surface area contributed by atoms with Crippen LogP contribution in [0.1, 0.15) is 60.3 Å². The summed E-state index contributed by atoms with van der Waals surface area (Å²) in [5.74, 6) is -0.181. The normalized spacial score (nSPS) is 20.5. The van der Waals surface area contributed by atoms with E-state index < -0.39 is 27.9 Å². The SMILES string of the molecule is CCCCC1(CC)CN(c2ccccc2)c2cc(Br)c(O/C=C/C(=O)OC(C)(C)C)cc2S(O)(O)N1. The van der Waals surface area contributed by atoms with Crippen LogP contribution in [0.15, 0.2) is 64.2 Å². The molecule has 2 aromatic rings. The van der Waals surface area contributed by atoms with Gasteiger partial charge in [-0.3, -0.25) is 9.11 Å². The number of hydrogen-bond donors (Lipinski definition) is 3. The van der Waals surface area contributed by atoms with Crippen LogP contribution in [-0.4, -0.2) is 32.8 Å². The van der Waals surface area contributed by atoms with Gasteiger partial charge < -0.3 is 14.4 Å². The first-order valence-corrected chi connectivity index (χ1v) is 14.5. The van der Waals surface area contributed by atoms with Gasteiger partial charge >= 0.3 is 5.97 Å². The van der Waals surface area contributed by atoms with Crippen molar-refractivity contribution in [1.29, 1.82) is 0 Å². The molecule has 1 aliphatic rings. The maximum Gasteiger partial charge on any atom is 0.334 e. The van der Waals surface area contributed by atoms with E-state index >= 15 is 0 Å². The first kappa shape index (κ1) is 28.5. The van der Waals surface area contributed by atoms with Crippen molar-refractivity contribution in [3.63, 3.8) is 0 Å². The first-order valence-electron chi connectivity index (χ1n) is 12.2. The topological polar surface area (TPSA) is 91.3 Å². The van der Waals surface area contributed by atoms with Crippen molar-refractivity contribution in [3.05, 3.63) is 59.3 Å². The second-order valence-corrected chi connectivity index (χ2v) is 12.6. The van der Waals surface area contributed by atoms with Gasteiger partial charge in [-0.15, -0.1) is 10.8 Å². The molecule has 1 aliphatic heterocycles. The van der Waals surface area contributed by atoms with Gasteiger partial charge in [-0.1, -0.05) is 44.9 Å². The molecule has 0 saturated carbocycles. The van der Waals surface area contributed by atoms with Crippen LogP contribution in [0.5, 0.6) is 5.75 Å². The van der Waals surface area contributed by atoms with Crippen LogP contribution in [0.2, 0.25) is 0 Å². The lowest BCUT2D eigenvalue weighted by atomic mass is 9.89. The molecule has 7 nitrogen and oxygen atoms in total. The molecular weight excluding hydrogens is 544 g/mol. The molecule has 0 fully saturated rings. The smallest absolute Gasteiger partial charge is 0.334 e. The predicted molar refractivity (Wildman–Crippen MR) is 150 cm³/mol. The summed E-state index contributed by atoms with van der Waals surface area (Å²) in [6.45, 7) is 10.1. The van der Waals surface area contributed by atoms with Crippen molar-refractivity contribution >= 4 is 44.0 Å². The van der Waals surface area contributed by atoms with Crippen LogP contribution in [0.25, 0.3) is 0 Å². The van der Waals surface area contributed by atoms with E-state index in [1.807, 2.05) is 36.4 Å². The Hall–Kier alpha value is -2.04. The van der Waals surface area contributed by atoms with E-state index in [9.17, 15) is 13.9 Å². The van der Waals surface area contributed by atoms with E-state index in [1.54, 1.807) is 26.8 Å². The summed E-state index contributed by atoms with van der Waals surface area (Å²) in [6, 6.07) is 13.4. The largest absolute Gasteiger partial charge is 0.463 e. The van der Waals surface area contributed by atoms with Gasteiger partial charge in [0.1, 0.15) is 16.2 Å². The Morgan fingerprint density at radius 2 is 1.92 bits per heavy atom. The summed E-state index contributed by atoms with van der Waals surface area (Å²) in [7, 11) is -3.38. The highest BCUT2D eigenvalue weighted by molar-refractivity contribution is 9.10. The highest BCUT2D eigenvalue weighted by Crippen LogP contribution is 2.57. The zero-order chi connectivity index (χ0) is 26.6. The number of halogens is 1. The molecule has 0 bridgehead atoms. The molecule has 0 aromatic heterocycles. The van der Waals surface area contributed by atoms with Gasteiger partial charge in [0.2, 0.25) is 0 Å². The van der Waals surface area contributed by atoms with Crippen molar-refractivity contribution in [2.75, 3.05) is 11.4 Å². The van der Waals surface area contributed by atoms with Gasteiger partial charge in [0.25, 0.3) is 0 Å². The summed E-state index contributed by atoms with van der Waals surface area (Å²) in [4.78, 5) is 14.5. The maximum absolute atomic E-state index is 12.0. The van der Waals surface area contributed by atoms with Crippen LogP contribution in [0, 0.1) is 0 Å². The number of ether oxygens (including phenoxy) is 2. The van der Waals surface area contributed by atoms with Gasteiger partial charge in [-0.05, 0) is 67.7 Å². The first-order chi connectivity index (χ1) is 16.9. The molecule has 9 heteroatoms. The molecule has 3 rings (SSSR count). The van der Waals surface area contributed by atoms with Gasteiger partial charge in [-0.2, -0.15) is 0 Å². The number of hydrogen-bond acceptors (Lipinski definition) is 7. The molecule has 2 aromatic carbocycles. The summed E-state index contributed by atoms with van der Waals surface area (Å²) >= 11 is 3.57. The predicted octanol–water partition coefficient (Wildman–Crippen LogP) is 7.79. The van der Waals surface area contributed by atoms with Gasteiger partial charge in [0.05, 0.1) is 28.0 Å². The van der Waals surface area contributed by atoms with Crippen LogP contribution in [0.4, 0.5) is 11.4 Å². The summed E-state index contributed by atoms with van der Waals surface area (Å²) < 4.78 is 37.7. The van der Waals surface area contributed by atoms with Crippen LogP contribution in [0.3, 0.4) is 0 Å². The lowest BCUT2D eigenvalue weighted by Crippen LogP contribution is -2.51. The lowest BCUT2D eigenvalue weighted by Gasteiger charge is -2.42. The molecular formula is C27H37BrN2O5S. The van der Waals surface area contributed by atoms with Gasteiger partial charge in [-0.25, -0.2) is 9.52 Å². The molecule has 0 aliphatic carbocycles. The van der Waals surface area contributed by atoms with Crippen molar-refractivity contribution in [3.8, 4) is 5.75 Å². The Balaban J connectivity index is 2.05. The average molecular weight is 582 g/mol. The van der Waals surface area contributed by atoms with Gasteiger partial charge in [0.15, 0.2) is 0 Å². The fourth-order valence-corrected chi connectivity index (χ4v) is 6.36. The van der Waals surface area contributed by atoms with E-state index in [2.05, 4.69) is 39.4 Å². The van der Waals surface area contributed by atoms with Crippen molar-refractivity contribution in [2.24, 2.45) is 0 Å². The minimum atomic E-state index is -3.38. The van der Waals surface area contributed by atoms with Crippen molar-refractivity contribution < 1.29 is 23.4 Å². The molecule has 0 spiro atoms. The molecule has 198 valence electrons. The highest BCUT2D eigenvalue weighted by Gasteiger charge is 2.41. The number of para-hydroxylation sites is 1. The standard InChI is InChI=1S/C27H37BrN2O5S/c1-6-8-15-27(7-2)19-30(20-12-10-9-11-13-20)22-17-21(28)23(18-24(22)36(32,33)29-27)34-16-14-25(31)35-26(3,4)5/h9-14,16-18,29,32-33H,6-8,15,19H2,1-5H3/b16-14+. The fraction of sp³-hybridized carbons (Fsp3) is 0.444. The number of anilines is 2. The maximum atomic E-state index is 12.0. The monoisotopic (exact) mass is 580 g/mol. The number of carbonyl (C=O) groups is 1. The highest BCUT2D eigenvalue weighted by atomic mass is 79.9. The summed E-state index contributed by atoms with van der Waals surface area (Å²) in [5, 5.41) is 0. The lowest BCUT2D eigenvalue weighted by molar-refractivity contribution is -0.148. The molecule has 1 heterocycles. The third kappa shape index (κ3) is 7.04. The molecule has 1 atom stereocenters. The van der Waals surface area contributed by atoms with E-state index in [1.165, 1.54) is 12.3 Å². The Kier molecular flexibility index (Phi) is 9.16. The fourth-order valence-electron chi connectivity index (χ4n) is 4.17.